The van der Waals surface area contributed by atoms with Crippen LogP contribution in [0.3, 0.4) is 0 Å². The summed E-state index contributed by atoms with van der Waals surface area (Å²) in [5.41, 5.74) is 1.54. The van der Waals surface area contributed by atoms with Crippen molar-refractivity contribution in [2.45, 2.75) is 46.1 Å². The van der Waals surface area contributed by atoms with Crippen LogP contribution in [0.15, 0.2) is 18.2 Å². The van der Waals surface area contributed by atoms with Crippen LogP contribution in [0.2, 0.25) is 0 Å². The molecule has 1 amide bonds. The quantitative estimate of drug-likeness (QED) is 0.549. The van der Waals surface area contributed by atoms with Crippen molar-refractivity contribution in [3.63, 3.8) is 0 Å². The highest BCUT2D eigenvalue weighted by molar-refractivity contribution is 7.17. The van der Waals surface area contributed by atoms with E-state index in [0.717, 1.165) is 36.1 Å². The number of thiophene rings is 1. The number of hydrogen-bond acceptors (Lipinski definition) is 6. The third-order valence-electron chi connectivity index (χ3n) is 5.29. The van der Waals surface area contributed by atoms with E-state index in [2.05, 4.69) is 17.0 Å². The molecule has 3 rings (SSSR count). The first-order valence-corrected chi connectivity index (χ1v) is 10.9. The number of alkyl halides is 2. The molecule has 9 heteroatoms. The van der Waals surface area contributed by atoms with Gasteiger partial charge in [0.2, 0.25) is 0 Å². The van der Waals surface area contributed by atoms with E-state index >= 15 is 0 Å². The van der Waals surface area contributed by atoms with Gasteiger partial charge < -0.3 is 19.5 Å². The van der Waals surface area contributed by atoms with Gasteiger partial charge in [0, 0.05) is 10.4 Å². The third kappa shape index (κ3) is 5.15. The van der Waals surface area contributed by atoms with Gasteiger partial charge >= 0.3 is 12.6 Å². The van der Waals surface area contributed by atoms with E-state index < -0.39 is 18.5 Å². The summed E-state index contributed by atoms with van der Waals surface area (Å²) in [5.74, 6) is -0.550. The zero-order valence-corrected chi connectivity index (χ0v) is 18.4. The number of anilines is 1. The summed E-state index contributed by atoms with van der Waals surface area (Å²) in [6.07, 6.45) is 3.68. The molecule has 1 aliphatic carbocycles. The molecule has 31 heavy (non-hydrogen) atoms. The molecule has 1 aromatic carbocycles. The van der Waals surface area contributed by atoms with Crippen LogP contribution in [0, 0.1) is 5.92 Å². The Bertz CT molecular complexity index is 960. The Balaban J connectivity index is 1.90. The average Bonchev–Trinajstić information content (AvgIpc) is 3.10. The Morgan fingerprint density at radius 1 is 1.26 bits per heavy atom. The molecule has 1 N–H and O–H groups in total. The van der Waals surface area contributed by atoms with Crippen molar-refractivity contribution in [2.75, 3.05) is 19.0 Å². The highest BCUT2D eigenvalue weighted by Gasteiger charge is 2.30. The van der Waals surface area contributed by atoms with Gasteiger partial charge in [-0.2, -0.15) is 8.78 Å². The standard InChI is InChI=1S/C22H25F2NO5S/c1-4-12-6-8-14-17(10-12)31-20(18(14)21(27)29-5-2)25-19(26)13-7-9-15(30-22(23)24)16(11-13)28-3/h7,9,11-12,22H,4-6,8,10H2,1-3H3,(H,25,26)/t12-/m0/s1. The molecular weight excluding hydrogens is 428 g/mol. The molecule has 0 radical (unpaired) electrons. The fraction of sp³-hybridized carbons (Fsp3) is 0.455. The predicted molar refractivity (Wildman–Crippen MR) is 114 cm³/mol. The van der Waals surface area contributed by atoms with E-state index in [0.29, 0.717) is 16.5 Å². The second-order valence-corrected chi connectivity index (χ2v) is 8.25. The molecule has 1 atom stereocenters. The number of rotatable bonds is 8. The number of amides is 1. The molecule has 0 saturated carbocycles. The lowest BCUT2D eigenvalue weighted by Crippen LogP contribution is -2.17. The number of methoxy groups -OCH3 is 1. The van der Waals surface area contributed by atoms with Gasteiger partial charge in [0.05, 0.1) is 19.3 Å². The van der Waals surface area contributed by atoms with Crippen LogP contribution >= 0.6 is 11.3 Å². The lowest BCUT2D eigenvalue weighted by atomic mass is 9.85. The number of benzene rings is 1. The number of carbonyl (C=O) groups is 2. The fourth-order valence-corrected chi connectivity index (χ4v) is 5.03. The number of carbonyl (C=O) groups excluding carboxylic acids is 2. The van der Waals surface area contributed by atoms with E-state index in [1.165, 1.54) is 36.6 Å². The zero-order valence-electron chi connectivity index (χ0n) is 17.6. The Labute approximate surface area is 183 Å². The van der Waals surface area contributed by atoms with Crippen molar-refractivity contribution in [1.29, 1.82) is 0 Å². The third-order valence-corrected chi connectivity index (χ3v) is 6.46. The number of ether oxygens (including phenoxy) is 3. The van der Waals surface area contributed by atoms with E-state index in [-0.39, 0.29) is 23.7 Å². The first kappa shape index (κ1) is 23.0. The molecule has 1 aromatic heterocycles. The number of hydrogen-bond donors (Lipinski definition) is 1. The lowest BCUT2D eigenvalue weighted by Gasteiger charge is -2.20. The maximum atomic E-state index is 12.9. The minimum Gasteiger partial charge on any atom is -0.493 e. The summed E-state index contributed by atoms with van der Waals surface area (Å²) in [7, 11) is 1.30. The zero-order chi connectivity index (χ0) is 22.5. The summed E-state index contributed by atoms with van der Waals surface area (Å²) < 4.78 is 39.8. The maximum absolute atomic E-state index is 12.9. The Morgan fingerprint density at radius 3 is 2.68 bits per heavy atom. The summed E-state index contributed by atoms with van der Waals surface area (Å²) in [4.78, 5) is 26.6. The Morgan fingerprint density at radius 2 is 2.03 bits per heavy atom. The van der Waals surface area contributed by atoms with Crippen molar-refractivity contribution in [3.05, 3.63) is 39.8 Å². The van der Waals surface area contributed by atoms with Crippen LogP contribution in [-0.4, -0.2) is 32.2 Å². The number of esters is 1. The number of halogens is 2. The fourth-order valence-electron chi connectivity index (χ4n) is 3.69. The van der Waals surface area contributed by atoms with Crippen molar-refractivity contribution in [2.24, 2.45) is 5.92 Å². The van der Waals surface area contributed by atoms with Gasteiger partial charge in [-0.3, -0.25) is 4.79 Å². The van der Waals surface area contributed by atoms with Gasteiger partial charge in [0.25, 0.3) is 5.91 Å². The molecule has 1 aliphatic rings. The van der Waals surface area contributed by atoms with E-state index in [9.17, 15) is 18.4 Å². The van der Waals surface area contributed by atoms with Crippen LogP contribution in [0.4, 0.5) is 13.8 Å². The number of nitrogens with one attached hydrogen (secondary N) is 1. The summed E-state index contributed by atoms with van der Waals surface area (Å²) >= 11 is 1.39. The predicted octanol–water partition coefficient (Wildman–Crippen LogP) is 5.30. The van der Waals surface area contributed by atoms with Crippen LogP contribution in [0.5, 0.6) is 11.5 Å². The van der Waals surface area contributed by atoms with E-state index in [1.807, 2.05) is 0 Å². The van der Waals surface area contributed by atoms with Gasteiger partial charge in [-0.15, -0.1) is 11.3 Å². The van der Waals surface area contributed by atoms with Crippen LogP contribution in [0.25, 0.3) is 0 Å². The van der Waals surface area contributed by atoms with Crippen LogP contribution in [-0.2, 0) is 17.6 Å². The summed E-state index contributed by atoms with van der Waals surface area (Å²) in [6.45, 7) is 1.10. The Kier molecular flexibility index (Phi) is 7.48. The van der Waals surface area contributed by atoms with Crippen LogP contribution < -0.4 is 14.8 Å². The van der Waals surface area contributed by atoms with Gasteiger partial charge in [-0.05, 0) is 55.9 Å². The molecule has 0 aliphatic heterocycles. The van der Waals surface area contributed by atoms with E-state index in [4.69, 9.17) is 9.47 Å². The highest BCUT2D eigenvalue weighted by Crippen LogP contribution is 2.41. The molecule has 168 valence electrons. The molecule has 0 bridgehead atoms. The smallest absolute Gasteiger partial charge is 0.387 e. The van der Waals surface area contributed by atoms with Gasteiger partial charge in [-0.1, -0.05) is 13.3 Å². The summed E-state index contributed by atoms with van der Waals surface area (Å²) in [6, 6.07) is 3.93. The lowest BCUT2D eigenvalue weighted by molar-refractivity contribution is -0.0512. The first-order valence-electron chi connectivity index (χ1n) is 10.1. The monoisotopic (exact) mass is 453 g/mol. The van der Waals surface area contributed by atoms with Gasteiger partial charge in [0.1, 0.15) is 5.00 Å². The van der Waals surface area contributed by atoms with Crippen molar-refractivity contribution >= 4 is 28.2 Å². The molecule has 0 unspecified atom stereocenters. The topological polar surface area (TPSA) is 73.9 Å². The van der Waals surface area contributed by atoms with Crippen molar-refractivity contribution in [3.8, 4) is 11.5 Å². The molecular formula is C22H25F2NO5S. The molecule has 2 aromatic rings. The minimum atomic E-state index is -3.01. The maximum Gasteiger partial charge on any atom is 0.387 e. The van der Waals surface area contributed by atoms with E-state index in [1.54, 1.807) is 6.92 Å². The largest absolute Gasteiger partial charge is 0.493 e. The second kappa shape index (κ2) is 10.1. The Hall–Kier alpha value is -2.68. The normalized spacial score (nSPS) is 15.4. The van der Waals surface area contributed by atoms with Crippen molar-refractivity contribution < 1.29 is 32.6 Å². The average molecular weight is 454 g/mol. The number of fused-ring (bicyclic) bond motifs is 1. The van der Waals surface area contributed by atoms with Gasteiger partial charge in [-0.25, -0.2) is 4.79 Å². The second-order valence-electron chi connectivity index (χ2n) is 7.14. The van der Waals surface area contributed by atoms with Crippen LogP contribution in [0.1, 0.15) is 57.8 Å². The molecule has 1 heterocycles. The SMILES string of the molecule is CCOC(=O)c1c(NC(=O)c2ccc(OC(F)F)c(OC)c2)sc2c1CC[C@H](CC)C2. The highest BCUT2D eigenvalue weighted by atomic mass is 32.1. The van der Waals surface area contributed by atoms with Gasteiger partial charge in [0.15, 0.2) is 11.5 Å². The minimum absolute atomic E-state index is 0.00910. The summed E-state index contributed by atoms with van der Waals surface area (Å²) in [5, 5.41) is 3.24. The molecule has 6 nitrogen and oxygen atoms in total. The molecule has 0 spiro atoms. The van der Waals surface area contributed by atoms with Crippen molar-refractivity contribution in [1.82, 2.24) is 0 Å². The molecule has 0 saturated heterocycles. The molecule has 0 fully saturated rings. The first-order chi connectivity index (χ1) is 14.9.